The van der Waals surface area contributed by atoms with Crippen molar-refractivity contribution in [1.29, 1.82) is 0 Å². The Bertz CT molecular complexity index is 239. The highest BCUT2D eigenvalue weighted by molar-refractivity contribution is 5.75. The lowest BCUT2D eigenvalue weighted by molar-refractivity contribution is 0.201. The van der Waals surface area contributed by atoms with E-state index in [1.807, 2.05) is 11.1 Å². The molecule has 3 nitrogen and oxygen atoms in total. The van der Waals surface area contributed by atoms with Crippen molar-refractivity contribution in [3.05, 3.63) is 12.3 Å². The van der Waals surface area contributed by atoms with Gasteiger partial charge in [-0.3, -0.25) is 0 Å². The van der Waals surface area contributed by atoms with Crippen molar-refractivity contribution in [2.75, 3.05) is 13.1 Å². The van der Waals surface area contributed by atoms with Crippen molar-refractivity contribution < 1.29 is 4.79 Å². The molecular formula is C14H26N2O. The molecule has 2 amide bonds. The number of carbonyl (C=O) groups is 1. The smallest absolute Gasteiger partial charge is 0.321 e. The minimum Gasteiger partial charge on any atom is -0.325 e. The van der Waals surface area contributed by atoms with Gasteiger partial charge in [0.2, 0.25) is 0 Å². The third-order valence-electron chi connectivity index (χ3n) is 3.25. The molecule has 0 aromatic heterocycles. The van der Waals surface area contributed by atoms with Gasteiger partial charge in [-0.15, -0.1) is 0 Å². The first-order valence-electron chi connectivity index (χ1n) is 7.00. The second-order valence-corrected chi connectivity index (χ2v) is 4.84. The lowest BCUT2D eigenvalue weighted by atomic mass is 10.1. The van der Waals surface area contributed by atoms with Crippen LogP contribution in [0.1, 0.15) is 52.4 Å². The van der Waals surface area contributed by atoms with Gasteiger partial charge < -0.3 is 10.2 Å². The van der Waals surface area contributed by atoms with Crippen LogP contribution in [0.3, 0.4) is 0 Å². The van der Waals surface area contributed by atoms with Gasteiger partial charge in [0.25, 0.3) is 0 Å². The van der Waals surface area contributed by atoms with Crippen molar-refractivity contribution in [3.63, 3.8) is 0 Å². The van der Waals surface area contributed by atoms with Crippen molar-refractivity contribution in [1.82, 2.24) is 10.2 Å². The fourth-order valence-electron chi connectivity index (χ4n) is 2.35. The first-order valence-corrected chi connectivity index (χ1v) is 7.00. The maximum absolute atomic E-state index is 11.9. The second kappa shape index (κ2) is 8.15. The van der Waals surface area contributed by atoms with Crippen LogP contribution in [-0.2, 0) is 0 Å². The normalized spacial score (nSPS) is 16.6. The molecule has 17 heavy (non-hydrogen) atoms. The van der Waals surface area contributed by atoms with Crippen LogP contribution in [0, 0.1) is 5.92 Å². The van der Waals surface area contributed by atoms with Gasteiger partial charge in [0, 0.05) is 19.3 Å². The van der Waals surface area contributed by atoms with E-state index in [-0.39, 0.29) is 6.03 Å². The molecular weight excluding hydrogens is 212 g/mol. The summed E-state index contributed by atoms with van der Waals surface area (Å²) in [4.78, 5) is 13.7. The van der Waals surface area contributed by atoms with Crippen LogP contribution in [0.2, 0.25) is 0 Å². The van der Waals surface area contributed by atoms with E-state index < -0.39 is 0 Å². The van der Waals surface area contributed by atoms with Crippen LogP contribution >= 0.6 is 0 Å². The summed E-state index contributed by atoms with van der Waals surface area (Å²) in [6.07, 6.45) is 11.2. The molecule has 0 unspecified atom stereocenters. The Labute approximate surface area is 105 Å². The van der Waals surface area contributed by atoms with Gasteiger partial charge in [-0.05, 0) is 31.6 Å². The number of amides is 2. The summed E-state index contributed by atoms with van der Waals surface area (Å²) < 4.78 is 0. The summed E-state index contributed by atoms with van der Waals surface area (Å²) in [6.45, 7) is 5.89. The molecule has 1 fully saturated rings. The van der Waals surface area contributed by atoms with E-state index in [0.717, 1.165) is 25.9 Å². The number of nitrogens with zero attached hydrogens (tertiary/aromatic N) is 1. The molecule has 3 heteroatoms. The van der Waals surface area contributed by atoms with Crippen molar-refractivity contribution in [2.45, 2.75) is 52.4 Å². The summed E-state index contributed by atoms with van der Waals surface area (Å²) in [5.74, 6) is 0.682. The van der Waals surface area contributed by atoms with E-state index >= 15 is 0 Å². The van der Waals surface area contributed by atoms with E-state index in [2.05, 4.69) is 25.2 Å². The molecule has 0 heterocycles. The highest BCUT2D eigenvalue weighted by atomic mass is 16.2. The molecule has 1 N–H and O–H groups in total. The van der Waals surface area contributed by atoms with Gasteiger partial charge in [0.05, 0.1) is 0 Å². The van der Waals surface area contributed by atoms with Gasteiger partial charge in [0.15, 0.2) is 0 Å². The topological polar surface area (TPSA) is 32.3 Å². The fraction of sp³-hybridized carbons (Fsp3) is 0.786. The third kappa shape index (κ3) is 5.24. The zero-order chi connectivity index (χ0) is 12.5. The molecule has 98 valence electrons. The Balaban J connectivity index is 2.29. The van der Waals surface area contributed by atoms with Crippen LogP contribution in [0.4, 0.5) is 4.79 Å². The molecule has 1 aliphatic rings. The number of nitrogens with one attached hydrogen (secondary N) is 1. The summed E-state index contributed by atoms with van der Waals surface area (Å²) in [6, 6.07) is 0.0444. The first kappa shape index (κ1) is 14.1. The van der Waals surface area contributed by atoms with E-state index in [4.69, 9.17) is 0 Å². The molecule has 0 bridgehead atoms. The lowest BCUT2D eigenvalue weighted by Crippen LogP contribution is -2.38. The average molecular weight is 238 g/mol. The Kier molecular flexibility index (Phi) is 6.75. The molecule has 0 spiro atoms. The second-order valence-electron chi connectivity index (χ2n) is 4.84. The van der Waals surface area contributed by atoms with E-state index in [1.54, 1.807) is 0 Å². The molecule has 1 rings (SSSR count). The summed E-state index contributed by atoms with van der Waals surface area (Å²) in [7, 11) is 0. The zero-order valence-corrected chi connectivity index (χ0v) is 11.2. The van der Waals surface area contributed by atoms with Crippen molar-refractivity contribution >= 4 is 6.03 Å². The fourth-order valence-corrected chi connectivity index (χ4v) is 2.35. The Morgan fingerprint density at radius 3 is 2.35 bits per heavy atom. The predicted molar refractivity (Wildman–Crippen MR) is 71.8 cm³/mol. The number of rotatable bonds is 6. The number of allylic oxidation sites excluding steroid dienone is 1. The Morgan fingerprint density at radius 1 is 1.24 bits per heavy atom. The molecule has 1 saturated carbocycles. The standard InChI is InChI=1S/C14H26N2O/c1-3-11-16(12-4-2)14(17)15-10-9-13-7-5-6-8-13/h9-10,13H,3-8,11-12H2,1-2H3,(H,15,17)/b10-9+. The minimum atomic E-state index is 0.0444. The van der Waals surface area contributed by atoms with Gasteiger partial charge in [0.1, 0.15) is 0 Å². The van der Waals surface area contributed by atoms with Crippen LogP contribution in [0.15, 0.2) is 12.3 Å². The molecule has 0 aliphatic heterocycles. The van der Waals surface area contributed by atoms with Gasteiger partial charge in [-0.2, -0.15) is 0 Å². The van der Waals surface area contributed by atoms with Crippen LogP contribution < -0.4 is 5.32 Å². The molecule has 0 aromatic carbocycles. The van der Waals surface area contributed by atoms with Crippen molar-refractivity contribution in [3.8, 4) is 0 Å². The van der Waals surface area contributed by atoms with Gasteiger partial charge in [-0.1, -0.05) is 32.8 Å². The number of urea groups is 1. The van der Waals surface area contributed by atoms with E-state index in [9.17, 15) is 4.79 Å². The predicted octanol–water partition coefficient (Wildman–Crippen LogP) is 3.52. The highest BCUT2D eigenvalue weighted by Gasteiger charge is 2.12. The molecule has 0 atom stereocenters. The monoisotopic (exact) mass is 238 g/mol. The lowest BCUT2D eigenvalue weighted by Gasteiger charge is -2.20. The van der Waals surface area contributed by atoms with Crippen molar-refractivity contribution in [2.24, 2.45) is 5.92 Å². The summed E-state index contributed by atoms with van der Waals surface area (Å²) in [5, 5.41) is 2.89. The maximum atomic E-state index is 11.9. The van der Waals surface area contributed by atoms with E-state index in [1.165, 1.54) is 25.7 Å². The third-order valence-corrected chi connectivity index (χ3v) is 3.25. The number of carbonyl (C=O) groups excluding carboxylic acids is 1. The Morgan fingerprint density at radius 2 is 1.82 bits per heavy atom. The van der Waals surface area contributed by atoms with Crippen LogP contribution in [0.25, 0.3) is 0 Å². The van der Waals surface area contributed by atoms with Gasteiger partial charge >= 0.3 is 6.03 Å². The van der Waals surface area contributed by atoms with Gasteiger partial charge in [-0.25, -0.2) is 4.79 Å². The minimum absolute atomic E-state index is 0.0444. The molecule has 0 aromatic rings. The maximum Gasteiger partial charge on any atom is 0.321 e. The quantitative estimate of drug-likeness (QED) is 0.754. The molecule has 1 aliphatic carbocycles. The number of hydrogen-bond donors (Lipinski definition) is 1. The molecule has 0 radical (unpaired) electrons. The zero-order valence-electron chi connectivity index (χ0n) is 11.2. The number of hydrogen-bond acceptors (Lipinski definition) is 1. The average Bonchev–Trinajstić information content (AvgIpc) is 2.81. The van der Waals surface area contributed by atoms with E-state index in [0.29, 0.717) is 5.92 Å². The highest BCUT2D eigenvalue weighted by Crippen LogP contribution is 2.25. The van der Waals surface area contributed by atoms with Crippen LogP contribution in [-0.4, -0.2) is 24.0 Å². The Hall–Kier alpha value is -0.990. The SMILES string of the molecule is CCCN(CCC)C(=O)N/C=C/C1CCCC1. The summed E-state index contributed by atoms with van der Waals surface area (Å²) >= 11 is 0. The summed E-state index contributed by atoms with van der Waals surface area (Å²) in [5.41, 5.74) is 0. The first-order chi connectivity index (χ1) is 8.27. The largest absolute Gasteiger partial charge is 0.325 e. The molecule has 0 saturated heterocycles. The van der Waals surface area contributed by atoms with Crippen LogP contribution in [0.5, 0.6) is 0 Å².